The van der Waals surface area contributed by atoms with E-state index in [0.29, 0.717) is 0 Å². The number of anilines is 6. The molecule has 10 aromatic rings. The lowest BCUT2D eigenvalue weighted by Gasteiger charge is -2.44. The van der Waals surface area contributed by atoms with Crippen molar-refractivity contribution in [3.63, 3.8) is 0 Å². The Morgan fingerprint density at radius 1 is 0.339 bits per heavy atom. The van der Waals surface area contributed by atoms with Crippen LogP contribution in [0.3, 0.4) is 0 Å². The minimum absolute atomic E-state index is 0.0696. The first kappa shape index (κ1) is 31.1. The lowest BCUT2D eigenvalue weighted by molar-refractivity contribution is 0.669. The van der Waals surface area contributed by atoms with Crippen LogP contribution in [0, 0.1) is 0 Å². The lowest BCUT2D eigenvalue weighted by atomic mass is 9.33. The molecule has 0 unspecified atom stereocenters. The molecule has 0 spiro atoms. The molecule has 0 N–H and O–H groups in total. The van der Waals surface area contributed by atoms with E-state index in [1.165, 1.54) is 72.2 Å². The van der Waals surface area contributed by atoms with Crippen molar-refractivity contribution in [3.05, 3.63) is 200 Å². The number of para-hydroxylation sites is 3. The van der Waals surface area contributed by atoms with Crippen LogP contribution >= 0.6 is 0 Å². The summed E-state index contributed by atoms with van der Waals surface area (Å²) in [6.07, 6.45) is 0. The molecule has 260 valence electrons. The molecule has 12 rings (SSSR count). The molecule has 3 nitrogen and oxygen atoms in total. The number of hydrogen-bond donors (Lipinski definition) is 0. The van der Waals surface area contributed by atoms with Crippen molar-refractivity contribution in [1.29, 1.82) is 0 Å². The van der Waals surface area contributed by atoms with Crippen molar-refractivity contribution >= 4 is 89.9 Å². The van der Waals surface area contributed by atoms with Crippen molar-refractivity contribution in [1.82, 2.24) is 0 Å². The monoisotopic (exact) mass is 712 g/mol. The lowest BCUT2D eigenvalue weighted by Crippen LogP contribution is -2.61. The maximum Gasteiger partial charge on any atom is 0.252 e. The second-order valence-electron chi connectivity index (χ2n) is 14.9. The molecular weight excluding hydrogens is 679 g/mol. The normalized spacial score (nSPS) is 12.9. The van der Waals surface area contributed by atoms with Gasteiger partial charge in [0, 0.05) is 44.9 Å². The van der Waals surface area contributed by atoms with Gasteiger partial charge in [0.25, 0.3) is 6.71 Å². The Kier molecular flexibility index (Phi) is 6.72. The molecule has 4 heteroatoms. The molecule has 3 heterocycles. The van der Waals surface area contributed by atoms with Gasteiger partial charge in [-0.2, -0.15) is 0 Å². The van der Waals surface area contributed by atoms with E-state index >= 15 is 0 Å². The summed E-state index contributed by atoms with van der Waals surface area (Å²) in [5, 5.41) is 4.70. The van der Waals surface area contributed by atoms with Crippen LogP contribution in [0.1, 0.15) is 0 Å². The first-order chi connectivity index (χ1) is 27.8. The minimum atomic E-state index is 0.0696. The number of fused-ring (bicyclic) bond motifs is 8. The Morgan fingerprint density at radius 2 is 0.857 bits per heavy atom. The fourth-order valence-electron chi connectivity index (χ4n) is 9.28. The van der Waals surface area contributed by atoms with Gasteiger partial charge in [-0.3, -0.25) is 0 Å². The van der Waals surface area contributed by atoms with Crippen LogP contribution in [0.5, 0.6) is 0 Å². The number of benzene rings is 9. The molecule has 0 atom stereocenters. The number of hydrogen-bond acceptors (Lipinski definition) is 3. The molecule has 9 aromatic carbocycles. The van der Waals surface area contributed by atoms with Crippen LogP contribution < -0.4 is 26.2 Å². The predicted octanol–water partition coefficient (Wildman–Crippen LogP) is 12.2. The highest BCUT2D eigenvalue weighted by Crippen LogP contribution is 2.44. The van der Waals surface area contributed by atoms with E-state index in [-0.39, 0.29) is 6.71 Å². The zero-order chi connectivity index (χ0) is 36.7. The highest BCUT2D eigenvalue weighted by molar-refractivity contribution is 7.00. The summed E-state index contributed by atoms with van der Waals surface area (Å²) in [5.41, 5.74) is 17.7. The van der Waals surface area contributed by atoms with Gasteiger partial charge in [0.05, 0.1) is 0 Å². The Hall–Kier alpha value is -7.30. The van der Waals surface area contributed by atoms with E-state index in [9.17, 15) is 0 Å². The van der Waals surface area contributed by atoms with E-state index in [2.05, 4.69) is 210 Å². The number of rotatable bonds is 4. The Balaban J connectivity index is 0.988. The Labute approximate surface area is 325 Å². The molecule has 0 bridgehead atoms. The van der Waals surface area contributed by atoms with E-state index < -0.39 is 0 Å². The average Bonchev–Trinajstić information content (AvgIpc) is 3.62. The van der Waals surface area contributed by atoms with Crippen molar-refractivity contribution in [2.24, 2.45) is 0 Å². The first-order valence-electron chi connectivity index (χ1n) is 19.3. The maximum absolute atomic E-state index is 6.31. The third kappa shape index (κ3) is 4.66. The van der Waals surface area contributed by atoms with Crippen molar-refractivity contribution < 1.29 is 4.42 Å². The van der Waals surface area contributed by atoms with Crippen molar-refractivity contribution in [2.75, 3.05) is 9.80 Å². The summed E-state index contributed by atoms with van der Waals surface area (Å²) in [5.74, 6) is 0. The fraction of sp³-hybridized carbons (Fsp3) is 0. The van der Waals surface area contributed by atoms with Crippen molar-refractivity contribution in [3.8, 4) is 22.3 Å². The van der Waals surface area contributed by atoms with Crippen LogP contribution in [-0.2, 0) is 0 Å². The van der Waals surface area contributed by atoms with Crippen LogP contribution in [0.15, 0.2) is 205 Å². The summed E-state index contributed by atoms with van der Waals surface area (Å²) in [7, 11) is 0. The number of nitrogens with zero attached hydrogens (tertiary/aromatic N) is 2. The van der Waals surface area contributed by atoms with Crippen molar-refractivity contribution in [2.45, 2.75) is 0 Å². The van der Waals surface area contributed by atoms with E-state index in [4.69, 9.17) is 4.42 Å². The van der Waals surface area contributed by atoms with Crippen LogP contribution in [0.2, 0.25) is 0 Å². The largest absolute Gasteiger partial charge is 0.456 e. The third-order valence-corrected chi connectivity index (χ3v) is 11.8. The van der Waals surface area contributed by atoms with Gasteiger partial charge in [-0.15, -0.1) is 0 Å². The first-order valence-corrected chi connectivity index (χ1v) is 19.3. The maximum atomic E-state index is 6.31. The van der Waals surface area contributed by atoms with Gasteiger partial charge < -0.3 is 14.2 Å². The second-order valence-corrected chi connectivity index (χ2v) is 14.9. The molecule has 0 amide bonds. The van der Waals surface area contributed by atoms with Crippen LogP contribution in [0.25, 0.3) is 55.0 Å². The van der Waals surface area contributed by atoms with Gasteiger partial charge in [0.2, 0.25) is 0 Å². The van der Waals surface area contributed by atoms with Gasteiger partial charge in [-0.25, -0.2) is 0 Å². The quantitative estimate of drug-likeness (QED) is 0.169. The van der Waals surface area contributed by atoms with E-state index in [1.807, 2.05) is 0 Å². The summed E-state index contributed by atoms with van der Waals surface area (Å²) < 4.78 is 6.31. The summed E-state index contributed by atoms with van der Waals surface area (Å²) in [6.45, 7) is 0.0696. The predicted molar refractivity (Wildman–Crippen MR) is 236 cm³/mol. The Bertz CT molecular complexity index is 3140. The molecule has 2 aliphatic rings. The Morgan fingerprint density at radius 3 is 1.55 bits per heavy atom. The highest BCUT2D eigenvalue weighted by atomic mass is 16.3. The average molecular weight is 713 g/mol. The van der Waals surface area contributed by atoms with Gasteiger partial charge in [0.15, 0.2) is 0 Å². The molecule has 1 aromatic heterocycles. The fourth-order valence-corrected chi connectivity index (χ4v) is 9.28. The molecule has 0 saturated heterocycles. The molecule has 0 fully saturated rings. The molecule has 2 aliphatic heterocycles. The van der Waals surface area contributed by atoms with Gasteiger partial charge in [-0.1, -0.05) is 127 Å². The molecule has 0 saturated carbocycles. The standard InChI is InChI=1S/C52H33BN2O/c1-3-14-40(15-4-1)54-46-19-10-9-18-44(46)53-45-32-39(26-28-47(45)55(41-16-5-2-6-17-41)49-21-11-20-48(54)52(49)53)35-24-22-34(23-25-35)38-27-29-50-42(31-38)43-30-36-12-7-8-13-37(36)33-51(43)56-50/h1-33H. The zero-order valence-electron chi connectivity index (χ0n) is 30.4. The topological polar surface area (TPSA) is 19.6 Å². The minimum Gasteiger partial charge on any atom is -0.456 e. The zero-order valence-corrected chi connectivity index (χ0v) is 30.4. The van der Waals surface area contributed by atoms with Crippen LogP contribution in [-0.4, -0.2) is 6.71 Å². The highest BCUT2D eigenvalue weighted by Gasteiger charge is 2.43. The van der Waals surface area contributed by atoms with Gasteiger partial charge in [0.1, 0.15) is 11.2 Å². The molecular formula is C52H33BN2O. The molecule has 0 radical (unpaired) electrons. The van der Waals surface area contributed by atoms with Crippen LogP contribution in [0.4, 0.5) is 34.1 Å². The number of furan rings is 1. The van der Waals surface area contributed by atoms with Gasteiger partial charge in [-0.05, 0) is 122 Å². The smallest absolute Gasteiger partial charge is 0.252 e. The second kappa shape index (κ2) is 12.1. The van der Waals surface area contributed by atoms with E-state index in [0.717, 1.165) is 33.3 Å². The summed E-state index contributed by atoms with van der Waals surface area (Å²) in [4.78, 5) is 4.89. The molecule has 0 aliphatic carbocycles. The van der Waals surface area contributed by atoms with E-state index in [1.54, 1.807) is 0 Å². The summed E-state index contributed by atoms with van der Waals surface area (Å²) in [6, 6.07) is 72.8. The third-order valence-electron chi connectivity index (χ3n) is 11.8. The van der Waals surface area contributed by atoms with Gasteiger partial charge >= 0.3 is 0 Å². The SMILES string of the molecule is c1ccc(N2c3ccccc3B3c4cc(-c5ccc(-c6ccc7oc8cc9ccccc9cc8c7c6)cc5)ccc4N(c4ccccc4)c4cccc2c43)cc1. The molecule has 56 heavy (non-hydrogen) atoms. The summed E-state index contributed by atoms with van der Waals surface area (Å²) >= 11 is 0.